The van der Waals surface area contributed by atoms with Gasteiger partial charge >= 0.3 is 12.5 Å². The summed E-state index contributed by atoms with van der Waals surface area (Å²) in [5.41, 5.74) is 3.42. The minimum atomic E-state index is -4.68. The van der Waals surface area contributed by atoms with E-state index < -0.39 is 36.3 Å². The molecule has 1 amide bonds. The van der Waals surface area contributed by atoms with Gasteiger partial charge < -0.3 is 15.2 Å². The molecule has 0 saturated carbocycles. The number of fused-ring (bicyclic) bond motifs is 1. The average Bonchev–Trinajstić information content (AvgIpc) is 3.18. The number of allylic oxidation sites excluding steroid dienone is 1. The van der Waals surface area contributed by atoms with Crippen molar-refractivity contribution in [1.82, 2.24) is 5.32 Å². The van der Waals surface area contributed by atoms with Gasteiger partial charge in [0, 0.05) is 11.1 Å². The molecule has 3 aromatic rings. The van der Waals surface area contributed by atoms with Crippen LogP contribution in [0.25, 0.3) is 6.08 Å². The number of rotatable bonds is 10. The molecule has 0 fully saturated rings. The predicted octanol–water partition coefficient (Wildman–Crippen LogP) is 6.16. The van der Waals surface area contributed by atoms with E-state index in [9.17, 15) is 32.3 Å². The van der Waals surface area contributed by atoms with Crippen molar-refractivity contribution in [1.29, 1.82) is 0 Å². The lowest BCUT2D eigenvalue weighted by molar-refractivity contribution is -0.253. The Labute approximate surface area is 223 Å². The average molecular weight is 542 g/mol. The van der Waals surface area contributed by atoms with Crippen LogP contribution in [-0.4, -0.2) is 35.9 Å². The van der Waals surface area contributed by atoms with E-state index in [4.69, 9.17) is 0 Å². The van der Waals surface area contributed by atoms with Gasteiger partial charge in [0.2, 0.25) is 0 Å². The van der Waals surface area contributed by atoms with Gasteiger partial charge in [-0.2, -0.15) is 17.6 Å². The Balaban J connectivity index is 1.64. The number of hydrogen-bond acceptors (Lipinski definition) is 4. The summed E-state index contributed by atoms with van der Waals surface area (Å²) >= 11 is 0. The summed E-state index contributed by atoms with van der Waals surface area (Å²) in [5.74, 6) is -0.921. The first kappa shape index (κ1) is 28.0. The number of amides is 1. The van der Waals surface area contributed by atoms with Crippen molar-refractivity contribution in [2.45, 2.75) is 50.4 Å². The van der Waals surface area contributed by atoms with E-state index >= 15 is 0 Å². The number of nitrogens with one attached hydrogen (secondary N) is 1. The molecule has 0 aromatic heterocycles. The molecule has 1 aliphatic rings. The topological polar surface area (TPSA) is 75.6 Å². The van der Waals surface area contributed by atoms with E-state index in [1.165, 1.54) is 18.2 Å². The molecule has 1 aliphatic carbocycles. The number of benzene rings is 3. The Hall–Kier alpha value is -3.98. The van der Waals surface area contributed by atoms with E-state index in [0.29, 0.717) is 28.5 Å². The molecule has 0 spiro atoms. The van der Waals surface area contributed by atoms with Gasteiger partial charge in [0.25, 0.3) is 5.91 Å². The zero-order valence-electron chi connectivity index (χ0n) is 20.8. The van der Waals surface area contributed by atoms with E-state index in [2.05, 4.69) is 10.1 Å². The van der Waals surface area contributed by atoms with Crippen LogP contribution < -0.4 is 10.1 Å². The predicted molar refractivity (Wildman–Crippen MR) is 138 cm³/mol. The minimum absolute atomic E-state index is 0.0371. The number of carbonyl (C=O) groups excluding carboxylic acids is 2. The Bertz CT molecular complexity index is 1340. The Morgan fingerprint density at radius 3 is 2.54 bits per heavy atom. The quantitative estimate of drug-likeness (QED) is 0.238. The van der Waals surface area contributed by atoms with Crippen LogP contribution in [0.5, 0.6) is 5.75 Å². The van der Waals surface area contributed by atoms with Crippen LogP contribution in [-0.2, 0) is 12.8 Å². The molecule has 0 saturated heterocycles. The molecule has 0 aliphatic heterocycles. The second-order valence-corrected chi connectivity index (χ2v) is 9.30. The fraction of sp³-hybridized carbons (Fsp3) is 0.267. The summed E-state index contributed by atoms with van der Waals surface area (Å²) < 4.78 is 56.4. The minimum Gasteiger partial charge on any atom is -0.428 e. The number of halogens is 4. The van der Waals surface area contributed by atoms with Gasteiger partial charge in [-0.3, -0.25) is 9.59 Å². The Morgan fingerprint density at radius 2 is 1.82 bits per heavy atom. The fourth-order valence-electron chi connectivity index (χ4n) is 4.52. The number of aldehydes is 1. The number of aliphatic hydroxyl groups excluding tert-OH is 1. The van der Waals surface area contributed by atoms with Crippen LogP contribution in [0.1, 0.15) is 61.9 Å². The van der Waals surface area contributed by atoms with E-state index in [1.807, 2.05) is 18.2 Å². The lowest BCUT2D eigenvalue weighted by Crippen LogP contribution is -2.41. The maximum absolute atomic E-state index is 13.5. The van der Waals surface area contributed by atoms with Crippen LogP contribution in [0.15, 0.2) is 72.8 Å². The van der Waals surface area contributed by atoms with E-state index in [-0.39, 0.29) is 6.42 Å². The van der Waals surface area contributed by atoms with Gasteiger partial charge in [-0.05, 0) is 66.1 Å². The highest BCUT2D eigenvalue weighted by Crippen LogP contribution is 2.29. The number of carbonyl (C=O) groups is 2. The first-order valence-electron chi connectivity index (χ1n) is 12.4. The third-order valence-electron chi connectivity index (χ3n) is 6.52. The fourth-order valence-corrected chi connectivity index (χ4v) is 4.52. The highest BCUT2D eigenvalue weighted by Gasteiger charge is 2.44. The molecule has 9 heteroatoms. The van der Waals surface area contributed by atoms with Crippen molar-refractivity contribution in [3.05, 3.63) is 106 Å². The SMILES string of the molecule is O=Cc1ccc(C(O)C(Cc2cccc(OC(F)(F)C(F)F)c2)NC(=O)c2cccc3c2C=CCCC3)cc1. The van der Waals surface area contributed by atoms with Crippen LogP contribution >= 0.6 is 0 Å². The molecule has 0 bridgehead atoms. The number of ether oxygens (including phenoxy) is 1. The Kier molecular flexibility index (Phi) is 8.81. The van der Waals surface area contributed by atoms with Crippen molar-refractivity contribution >= 4 is 18.3 Å². The highest BCUT2D eigenvalue weighted by molar-refractivity contribution is 5.98. The van der Waals surface area contributed by atoms with Crippen molar-refractivity contribution in [3.63, 3.8) is 0 Å². The molecule has 39 heavy (non-hydrogen) atoms. The third-order valence-corrected chi connectivity index (χ3v) is 6.52. The molecular weight excluding hydrogens is 514 g/mol. The smallest absolute Gasteiger partial charge is 0.428 e. The lowest BCUT2D eigenvalue weighted by atomic mass is 9.94. The summed E-state index contributed by atoms with van der Waals surface area (Å²) in [6.07, 6.45) is -2.75. The molecule has 2 unspecified atom stereocenters. The van der Waals surface area contributed by atoms with Crippen molar-refractivity contribution < 1.29 is 37.0 Å². The second kappa shape index (κ2) is 12.3. The van der Waals surface area contributed by atoms with Gasteiger partial charge in [-0.25, -0.2) is 0 Å². The van der Waals surface area contributed by atoms with Gasteiger partial charge in [0.05, 0.1) is 12.1 Å². The molecule has 2 N–H and O–H groups in total. The summed E-state index contributed by atoms with van der Waals surface area (Å²) in [7, 11) is 0. The molecule has 204 valence electrons. The van der Waals surface area contributed by atoms with Gasteiger partial charge in [0.15, 0.2) is 0 Å². The third kappa shape index (κ3) is 6.92. The highest BCUT2D eigenvalue weighted by atomic mass is 19.3. The van der Waals surface area contributed by atoms with Gasteiger partial charge in [0.1, 0.15) is 12.0 Å². The van der Waals surface area contributed by atoms with Crippen LogP contribution in [0.3, 0.4) is 0 Å². The lowest BCUT2D eigenvalue weighted by Gasteiger charge is -2.26. The monoisotopic (exact) mass is 541 g/mol. The van der Waals surface area contributed by atoms with Crippen molar-refractivity contribution in [2.75, 3.05) is 0 Å². The summed E-state index contributed by atoms with van der Waals surface area (Å²) in [4.78, 5) is 24.5. The number of aryl methyl sites for hydroxylation is 1. The van der Waals surface area contributed by atoms with Crippen LogP contribution in [0.4, 0.5) is 17.6 Å². The molecule has 2 atom stereocenters. The second-order valence-electron chi connectivity index (χ2n) is 9.30. The van der Waals surface area contributed by atoms with Crippen molar-refractivity contribution in [2.24, 2.45) is 0 Å². The Morgan fingerprint density at radius 1 is 1.08 bits per heavy atom. The van der Waals surface area contributed by atoms with Crippen molar-refractivity contribution in [3.8, 4) is 5.75 Å². The first-order chi connectivity index (χ1) is 18.7. The number of hydrogen-bond donors (Lipinski definition) is 2. The summed E-state index contributed by atoms with van der Waals surface area (Å²) in [6, 6.07) is 15.8. The molecule has 5 nitrogen and oxygen atoms in total. The largest absolute Gasteiger partial charge is 0.461 e. The van der Waals surface area contributed by atoms with E-state index in [0.717, 1.165) is 42.5 Å². The van der Waals surface area contributed by atoms with Gasteiger partial charge in [-0.15, -0.1) is 0 Å². The molecule has 0 heterocycles. The molecular formula is C30H27F4NO4. The zero-order valence-corrected chi connectivity index (χ0v) is 20.8. The van der Waals surface area contributed by atoms with Crippen LogP contribution in [0, 0.1) is 0 Å². The number of alkyl halides is 4. The first-order valence-corrected chi connectivity index (χ1v) is 12.4. The van der Waals surface area contributed by atoms with E-state index in [1.54, 1.807) is 30.3 Å². The molecule has 3 aromatic carbocycles. The normalized spacial score (nSPS) is 14.7. The summed E-state index contributed by atoms with van der Waals surface area (Å²) in [6.45, 7) is 0. The van der Waals surface area contributed by atoms with Crippen LogP contribution in [0.2, 0.25) is 0 Å². The maximum Gasteiger partial charge on any atom is 0.461 e. The molecule has 0 radical (unpaired) electrons. The number of aliphatic hydroxyl groups is 1. The standard InChI is InChI=1S/C30H27F4NO4/c31-29(32)30(33,34)39-23-9-4-6-20(16-23)17-26(27(37)22-14-12-19(18-36)13-15-22)35-28(38)25-11-5-8-21-7-2-1-3-10-24(21)25/h3-6,8-16,18,26-27,29,37H,1-2,7,17H2,(H,35,38). The maximum atomic E-state index is 13.5. The summed E-state index contributed by atoms with van der Waals surface area (Å²) in [5, 5.41) is 14.1. The molecule has 4 rings (SSSR count). The van der Waals surface area contributed by atoms with Gasteiger partial charge in [-0.1, -0.05) is 60.7 Å². The zero-order chi connectivity index (χ0) is 28.0.